The molecule has 57 heavy (non-hydrogen) atoms. The molecule has 4 bridgehead atoms. The van der Waals surface area contributed by atoms with Gasteiger partial charge in [-0.2, -0.15) is 17.5 Å². The summed E-state index contributed by atoms with van der Waals surface area (Å²) in [6, 6.07) is 11.3. The molecule has 4 fully saturated rings. The van der Waals surface area contributed by atoms with Crippen LogP contribution in [-0.2, 0) is 22.6 Å². The first kappa shape index (κ1) is 42.2. The zero-order valence-corrected chi connectivity index (χ0v) is 35.0. The predicted octanol–water partition coefficient (Wildman–Crippen LogP) is 10.2. The summed E-state index contributed by atoms with van der Waals surface area (Å²) in [4.78, 5) is 14.6. The maximum absolute atomic E-state index is 14.6. The van der Waals surface area contributed by atoms with Crippen molar-refractivity contribution in [1.29, 1.82) is 0 Å². The fourth-order valence-corrected chi connectivity index (χ4v) is 12.0. The molecule has 1 heterocycles. The van der Waals surface area contributed by atoms with E-state index in [2.05, 4.69) is 19.9 Å². The lowest BCUT2D eigenvalue weighted by Gasteiger charge is -2.60. The fraction of sp³-hybridized carbons (Fsp3) is 0.578. The van der Waals surface area contributed by atoms with E-state index in [1.165, 1.54) is 22.7 Å². The molecule has 1 aromatic heterocycles. The van der Waals surface area contributed by atoms with Gasteiger partial charge >= 0.3 is 6.18 Å². The van der Waals surface area contributed by atoms with Crippen molar-refractivity contribution < 1.29 is 41.0 Å². The molecule has 0 radical (unpaired) electrons. The van der Waals surface area contributed by atoms with Crippen molar-refractivity contribution in [3.05, 3.63) is 93.2 Å². The first-order chi connectivity index (χ1) is 26.6. The third-order valence-electron chi connectivity index (χ3n) is 14.7. The Morgan fingerprint density at radius 1 is 1.02 bits per heavy atom. The molecule has 3 aromatic rings. The van der Waals surface area contributed by atoms with E-state index in [1.54, 1.807) is 6.07 Å². The van der Waals surface area contributed by atoms with Crippen LogP contribution in [0.1, 0.15) is 124 Å². The number of aliphatic hydroxyl groups excluding tert-OH is 1. The number of hydrogen-bond donors (Lipinski definition) is 2. The number of nitrogens with zero attached hydrogens (tertiary/aromatic N) is 1. The number of carbonyl (C=O) groups is 1. The number of benzene rings is 2. The predicted molar refractivity (Wildman–Crippen MR) is 216 cm³/mol. The van der Waals surface area contributed by atoms with Gasteiger partial charge in [0.1, 0.15) is 5.76 Å². The largest absolute Gasteiger partial charge is 0.453 e. The Morgan fingerprint density at radius 2 is 1.77 bits per heavy atom. The van der Waals surface area contributed by atoms with Crippen molar-refractivity contribution in [2.24, 2.45) is 28.6 Å². The Balaban J connectivity index is 1.27. The van der Waals surface area contributed by atoms with E-state index in [0.717, 1.165) is 48.6 Å². The first-order valence-corrected chi connectivity index (χ1v) is 22.5. The summed E-state index contributed by atoms with van der Waals surface area (Å²) in [7, 11) is -3.70. The number of aliphatic hydroxyl groups is 2. The van der Waals surface area contributed by atoms with Gasteiger partial charge in [-0.25, -0.2) is 8.42 Å². The van der Waals surface area contributed by atoms with Crippen LogP contribution in [0.5, 0.6) is 0 Å². The molecule has 9 rings (SSSR count). The Kier molecular flexibility index (Phi) is 11.3. The van der Waals surface area contributed by atoms with Gasteiger partial charge in [-0.1, -0.05) is 56.2 Å². The number of allylic oxidation sites excluding steroid dienone is 2. The zero-order chi connectivity index (χ0) is 41.3. The molecule has 6 aliphatic carbocycles. The van der Waals surface area contributed by atoms with E-state index in [4.69, 9.17) is 16.0 Å². The summed E-state index contributed by atoms with van der Waals surface area (Å²) in [5.74, 6) is 0.360. The molecule has 310 valence electrons. The number of fused-ring (bicyclic) bond motifs is 10. The van der Waals surface area contributed by atoms with Crippen molar-refractivity contribution in [2.45, 2.75) is 116 Å². The minimum Gasteiger partial charge on any atom is -0.453 e. The highest BCUT2D eigenvalue weighted by molar-refractivity contribution is 7.88. The zero-order valence-electron chi connectivity index (χ0n) is 33.5. The standard InChI is InChI=1S/C45H55ClF3NO6S/c1-27-7-6-19-43(4)36(18-20-44(43,53)26-50(57(5,54)55)25-29-10-11-30-24-37(29)42(30,2)3)33-14-9-28(21-32(51)13-8-27)22-34(33)41(52)40-17-16-39(56-40)35-23-31(45(47,48)49)12-15-38(35)46/h7,9,12,14-17,22-23,29-30,32,36-37,51,53H,6,8,10-11,13,18-21,24-26H2,1-5H3. The van der Waals surface area contributed by atoms with Gasteiger partial charge in [0, 0.05) is 29.6 Å². The quantitative estimate of drug-likeness (QED) is 0.173. The average Bonchev–Trinajstić information content (AvgIpc) is 3.72. The lowest BCUT2D eigenvalue weighted by molar-refractivity contribution is -0.137. The fourth-order valence-electron chi connectivity index (χ4n) is 10.9. The summed E-state index contributed by atoms with van der Waals surface area (Å²) < 4.78 is 75.5. The third kappa shape index (κ3) is 8.05. The van der Waals surface area contributed by atoms with Crippen molar-refractivity contribution in [2.75, 3.05) is 19.3 Å². The second-order valence-corrected chi connectivity index (χ2v) is 20.8. The molecule has 12 heteroatoms. The minimum absolute atomic E-state index is 0.00165. The Labute approximate surface area is 339 Å². The second kappa shape index (κ2) is 15.3. The Hall–Kier alpha value is -2.96. The van der Waals surface area contributed by atoms with Crippen molar-refractivity contribution in [3.8, 4) is 11.3 Å². The van der Waals surface area contributed by atoms with Gasteiger partial charge in [-0.05, 0) is 148 Å². The SMILES string of the molecule is CC1=CCCC2(C)C(CCC2(O)CN(CC2CCC3CC2C3(C)C)S(C)(=O)=O)c2ccc(cc2C(=O)c2ccc(-c3cc(C(F)(F)F)ccc3Cl)o2)CC(O)CC1. The summed E-state index contributed by atoms with van der Waals surface area (Å²) >= 11 is 6.33. The van der Waals surface area contributed by atoms with E-state index >= 15 is 0 Å². The number of sulfonamides is 1. The van der Waals surface area contributed by atoms with Crippen LogP contribution < -0.4 is 0 Å². The van der Waals surface area contributed by atoms with E-state index in [-0.39, 0.29) is 45.9 Å². The van der Waals surface area contributed by atoms with Gasteiger partial charge in [0.2, 0.25) is 15.8 Å². The summed E-state index contributed by atoms with van der Waals surface area (Å²) in [6.07, 6.45) is 4.67. The van der Waals surface area contributed by atoms with Crippen LogP contribution in [0, 0.1) is 28.6 Å². The van der Waals surface area contributed by atoms with Gasteiger partial charge in [0.15, 0.2) is 5.76 Å². The molecule has 0 spiro atoms. The number of rotatable bonds is 8. The highest BCUT2D eigenvalue weighted by atomic mass is 35.5. The molecule has 4 saturated carbocycles. The van der Waals surface area contributed by atoms with E-state index in [0.29, 0.717) is 74.5 Å². The normalized spacial score (nSPS) is 30.4. The Morgan fingerprint density at radius 3 is 2.46 bits per heavy atom. The molecule has 6 aliphatic rings. The van der Waals surface area contributed by atoms with Gasteiger partial charge in [-0.15, -0.1) is 0 Å². The monoisotopic (exact) mass is 829 g/mol. The average molecular weight is 830 g/mol. The minimum atomic E-state index is -4.61. The van der Waals surface area contributed by atoms with E-state index in [9.17, 15) is 36.6 Å². The molecule has 2 N–H and O–H groups in total. The Bertz CT molecular complexity index is 2160. The smallest absolute Gasteiger partial charge is 0.416 e. The van der Waals surface area contributed by atoms with Crippen molar-refractivity contribution in [1.82, 2.24) is 4.31 Å². The highest BCUT2D eigenvalue weighted by Crippen LogP contribution is 2.62. The number of ketones is 1. The van der Waals surface area contributed by atoms with Crippen LogP contribution in [0.3, 0.4) is 0 Å². The first-order valence-electron chi connectivity index (χ1n) is 20.3. The van der Waals surface area contributed by atoms with Crippen LogP contribution in [-0.4, -0.2) is 59.8 Å². The van der Waals surface area contributed by atoms with Gasteiger partial charge < -0.3 is 14.6 Å². The number of alkyl halides is 3. The number of halogens is 4. The topological polar surface area (TPSA) is 108 Å². The van der Waals surface area contributed by atoms with Crippen LogP contribution in [0.4, 0.5) is 13.2 Å². The lowest BCUT2D eigenvalue weighted by atomic mass is 9.45. The van der Waals surface area contributed by atoms with Crippen LogP contribution in [0.2, 0.25) is 5.02 Å². The van der Waals surface area contributed by atoms with Gasteiger partial charge in [-0.3, -0.25) is 4.79 Å². The van der Waals surface area contributed by atoms with Crippen molar-refractivity contribution >= 4 is 27.4 Å². The van der Waals surface area contributed by atoms with Crippen LogP contribution >= 0.6 is 11.6 Å². The van der Waals surface area contributed by atoms with Gasteiger partial charge in [0.05, 0.1) is 28.5 Å². The molecule has 0 saturated heterocycles. The third-order valence-corrected chi connectivity index (χ3v) is 16.2. The number of carbonyl (C=O) groups excluding carboxylic acids is 1. The summed E-state index contributed by atoms with van der Waals surface area (Å²) in [5.41, 5.74) is -0.204. The van der Waals surface area contributed by atoms with E-state index < -0.39 is 44.7 Å². The highest BCUT2D eigenvalue weighted by Gasteiger charge is 2.59. The maximum atomic E-state index is 14.6. The lowest BCUT2D eigenvalue weighted by Crippen LogP contribution is -2.58. The summed E-state index contributed by atoms with van der Waals surface area (Å²) in [5, 5.41) is 24.0. The second-order valence-electron chi connectivity index (χ2n) is 18.4. The van der Waals surface area contributed by atoms with Crippen LogP contribution in [0.25, 0.3) is 11.3 Å². The molecule has 2 aromatic carbocycles. The molecular weight excluding hydrogens is 775 g/mol. The molecule has 0 amide bonds. The van der Waals surface area contributed by atoms with E-state index in [1.807, 2.05) is 26.0 Å². The molecular formula is C45H55ClF3NO6S. The molecule has 7 nitrogen and oxygen atoms in total. The molecule has 0 aliphatic heterocycles. The molecule has 7 unspecified atom stereocenters. The number of furan rings is 1. The maximum Gasteiger partial charge on any atom is 0.416 e. The molecule has 7 atom stereocenters. The summed E-state index contributed by atoms with van der Waals surface area (Å²) in [6.45, 7) is 8.94. The van der Waals surface area contributed by atoms with Gasteiger partial charge in [0.25, 0.3) is 0 Å². The van der Waals surface area contributed by atoms with Crippen molar-refractivity contribution in [3.63, 3.8) is 0 Å². The van der Waals surface area contributed by atoms with Crippen LogP contribution in [0.15, 0.2) is 64.6 Å². The number of hydrogen-bond acceptors (Lipinski definition) is 6.